The molecular formula is C15H24BrN3. The molecule has 3 nitrogen and oxygen atoms in total. The van der Waals surface area contributed by atoms with E-state index in [-0.39, 0.29) is 5.84 Å². The van der Waals surface area contributed by atoms with Crippen LogP contribution in [0.1, 0.15) is 45.6 Å². The Morgan fingerprint density at radius 3 is 2.58 bits per heavy atom. The summed E-state index contributed by atoms with van der Waals surface area (Å²) in [4.78, 5) is 2.33. The molecule has 0 saturated carbocycles. The molecule has 1 aromatic carbocycles. The summed E-state index contributed by atoms with van der Waals surface area (Å²) in [5.41, 5.74) is 7.57. The number of nitrogens with one attached hydrogen (secondary N) is 1. The molecule has 0 spiro atoms. The van der Waals surface area contributed by atoms with Crippen molar-refractivity contribution in [2.75, 3.05) is 11.4 Å². The van der Waals surface area contributed by atoms with Crippen LogP contribution >= 0.6 is 15.9 Å². The van der Waals surface area contributed by atoms with E-state index in [1.165, 1.54) is 19.3 Å². The van der Waals surface area contributed by atoms with Gasteiger partial charge in [-0.15, -0.1) is 0 Å². The standard InChI is InChI=1S/C15H24BrN3/c1-4-5-6-9-19(11(2)3)14-8-7-12(16)10-13(14)15(17)18/h7-8,10-11H,4-6,9H2,1-3H3,(H3,17,18). The molecule has 1 aromatic rings. The Kier molecular flexibility index (Phi) is 6.35. The van der Waals surface area contributed by atoms with E-state index in [0.29, 0.717) is 6.04 Å². The Hall–Kier alpha value is -1.03. The van der Waals surface area contributed by atoms with Crippen molar-refractivity contribution in [3.8, 4) is 0 Å². The Morgan fingerprint density at radius 1 is 1.37 bits per heavy atom. The maximum atomic E-state index is 7.75. The predicted octanol–water partition coefficient (Wildman–Crippen LogP) is 4.14. The first-order valence-electron chi connectivity index (χ1n) is 6.88. The molecule has 106 valence electrons. The third kappa shape index (κ3) is 4.53. The summed E-state index contributed by atoms with van der Waals surface area (Å²) >= 11 is 3.44. The fourth-order valence-corrected chi connectivity index (χ4v) is 2.52. The van der Waals surface area contributed by atoms with Crippen LogP contribution < -0.4 is 10.6 Å². The lowest BCUT2D eigenvalue weighted by Gasteiger charge is -2.31. The molecule has 0 atom stereocenters. The first kappa shape index (κ1) is 16.0. The lowest BCUT2D eigenvalue weighted by atomic mass is 10.1. The SMILES string of the molecule is CCCCCN(c1ccc(Br)cc1C(=N)N)C(C)C. The van der Waals surface area contributed by atoms with Crippen LogP contribution in [0, 0.1) is 5.41 Å². The minimum Gasteiger partial charge on any atom is -0.384 e. The van der Waals surface area contributed by atoms with E-state index in [0.717, 1.165) is 22.3 Å². The lowest BCUT2D eigenvalue weighted by molar-refractivity contribution is 0.625. The second-order valence-electron chi connectivity index (χ2n) is 5.07. The number of amidine groups is 1. The number of nitrogens with two attached hydrogens (primary N) is 1. The van der Waals surface area contributed by atoms with E-state index in [9.17, 15) is 0 Å². The highest BCUT2D eigenvalue weighted by Crippen LogP contribution is 2.26. The third-order valence-corrected chi connectivity index (χ3v) is 3.68. The maximum Gasteiger partial charge on any atom is 0.124 e. The second kappa shape index (κ2) is 7.53. The lowest BCUT2D eigenvalue weighted by Crippen LogP contribution is -2.33. The maximum absolute atomic E-state index is 7.75. The molecule has 0 saturated heterocycles. The zero-order chi connectivity index (χ0) is 14.4. The molecule has 0 aliphatic rings. The van der Waals surface area contributed by atoms with Gasteiger partial charge in [0.2, 0.25) is 0 Å². The molecule has 3 N–H and O–H groups in total. The molecule has 1 rings (SSSR count). The van der Waals surface area contributed by atoms with Gasteiger partial charge in [0.25, 0.3) is 0 Å². The van der Waals surface area contributed by atoms with Gasteiger partial charge in [-0.25, -0.2) is 0 Å². The molecule has 0 radical (unpaired) electrons. The molecule has 0 aromatic heterocycles. The number of hydrogen-bond acceptors (Lipinski definition) is 2. The van der Waals surface area contributed by atoms with E-state index in [1.54, 1.807) is 0 Å². The molecule has 0 unspecified atom stereocenters. The molecule has 0 heterocycles. The summed E-state index contributed by atoms with van der Waals surface area (Å²) in [5.74, 6) is 0.123. The summed E-state index contributed by atoms with van der Waals surface area (Å²) in [7, 11) is 0. The fraction of sp³-hybridized carbons (Fsp3) is 0.533. The van der Waals surface area contributed by atoms with Crippen molar-refractivity contribution in [2.45, 2.75) is 46.1 Å². The number of halogens is 1. The van der Waals surface area contributed by atoms with Gasteiger partial charge < -0.3 is 10.6 Å². The topological polar surface area (TPSA) is 53.1 Å². The van der Waals surface area contributed by atoms with E-state index >= 15 is 0 Å². The highest BCUT2D eigenvalue weighted by atomic mass is 79.9. The summed E-state index contributed by atoms with van der Waals surface area (Å²) in [6.07, 6.45) is 3.61. The number of nitrogens with zero attached hydrogens (tertiary/aromatic N) is 1. The van der Waals surface area contributed by atoms with Crippen molar-refractivity contribution in [2.24, 2.45) is 5.73 Å². The normalized spacial score (nSPS) is 10.8. The van der Waals surface area contributed by atoms with Crippen LogP contribution in [0.2, 0.25) is 0 Å². The Labute approximate surface area is 124 Å². The van der Waals surface area contributed by atoms with Crippen LogP contribution in [0.5, 0.6) is 0 Å². The van der Waals surface area contributed by atoms with Gasteiger partial charge in [-0.05, 0) is 38.5 Å². The molecule has 0 bridgehead atoms. The largest absolute Gasteiger partial charge is 0.384 e. The fourth-order valence-electron chi connectivity index (χ4n) is 2.16. The first-order valence-corrected chi connectivity index (χ1v) is 7.67. The van der Waals surface area contributed by atoms with Crippen molar-refractivity contribution in [1.82, 2.24) is 0 Å². The van der Waals surface area contributed by atoms with Crippen LogP contribution in [-0.4, -0.2) is 18.4 Å². The van der Waals surface area contributed by atoms with Gasteiger partial charge in [-0.2, -0.15) is 0 Å². The van der Waals surface area contributed by atoms with E-state index in [1.807, 2.05) is 18.2 Å². The van der Waals surface area contributed by atoms with Crippen LogP contribution in [0.25, 0.3) is 0 Å². The van der Waals surface area contributed by atoms with Gasteiger partial charge in [0.1, 0.15) is 5.84 Å². The van der Waals surface area contributed by atoms with Gasteiger partial charge in [-0.3, -0.25) is 5.41 Å². The first-order chi connectivity index (χ1) is 8.97. The van der Waals surface area contributed by atoms with Gasteiger partial charge in [0.05, 0.1) is 0 Å². The van der Waals surface area contributed by atoms with Crippen molar-refractivity contribution in [1.29, 1.82) is 5.41 Å². The molecule has 0 aliphatic heterocycles. The number of unbranched alkanes of at least 4 members (excludes halogenated alkanes) is 2. The monoisotopic (exact) mass is 325 g/mol. The molecule has 4 heteroatoms. The van der Waals surface area contributed by atoms with Crippen molar-refractivity contribution in [3.05, 3.63) is 28.2 Å². The van der Waals surface area contributed by atoms with Crippen LogP contribution in [0.3, 0.4) is 0 Å². The minimum absolute atomic E-state index is 0.123. The van der Waals surface area contributed by atoms with Crippen molar-refractivity contribution >= 4 is 27.5 Å². The summed E-state index contributed by atoms with van der Waals surface area (Å²) in [6, 6.07) is 6.38. The Morgan fingerprint density at radius 2 is 2.05 bits per heavy atom. The van der Waals surface area contributed by atoms with Crippen LogP contribution in [0.4, 0.5) is 5.69 Å². The zero-order valence-electron chi connectivity index (χ0n) is 12.0. The number of hydrogen-bond donors (Lipinski definition) is 2. The quantitative estimate of drug-likeness (QED) is 0.449. The number of benzene rings is 1. The number of rotatable bonds is 7. The average Bonchev–Trinajstić information content (AvgIpc) is 2.35. The van der Waals surface area contributed by atoms with Gasteiger partial charge in [-0.1, -0.05) is 35.7 Å². The van der Waals surface area contributed by atoms with Crippen molar-refractivity contribution in [3.63, 3.8) is 0 Å². The summed E-state index contributed by atoms with van der Waals surface area (Å²) in [6.45, 7) is 7.57. The second-order valence-corrected chi connectivity index (χ2v) is 5.99. The van der Waals surface area contributed by atoms with E-state index in [2.05, 4.69) is 41.6 Å². The number of nitrogen functional groups attached to an aromatic ring is 1. The predicted molar refractivity (Wildman–Crippen MR) is 87.2 cm³/mol. The van der Waals surface area contributed by atoms with E-state index < -0.39 is 0 Å². The van der Waals surface area contributed by atoms with Gasteiger partial charge in [0, 0.05) is 28.3 Å². The Bertz CT molecular complexity index is 429. The molecule has 0 aliphatic carbocycles. The summed E-state index contributed by atoms with van der Waals surface area (Å²) in [5, 5.41) is 7.75. The van der Waals surface area contributed by atoms with Gasteiger partial charge in [0.15, 0.2) is 0 Å². The minimum atomic E-state index is 0.123. The van der Waals surface area contributed by atoms with Gasteiger partial charge >= 0.3 is 0 Å². The average molecular weight is 326 g/mol. The van der Waals surface area contributed by atoms with E-state index in [4.69, 9.17) is 11.1 Å². The summed E-state index contributed by atoms with van der Waals surface area (Å²) < 4.78 is 0.957. The molecule has 0 fully saturated rings. The highest BCUT2D eigenvalue weighted by Gasteiger charge is 2.15. The number of anilines is 1. The third-order valence-electron chi connectivity index (χ3n) is 3.18. The Balaban J connectivity index is 3.04. The molecule has 0 amide bonds. The highest BCUT2D eigenvalue weighted by molar-refractivity contribution is 9.10. The smallest absolute Gasteiger partial charge is 0.124 e. The molecular weight excluding hydrogens is 302 g/mol. The van der Waals surface area contributed by atoms with Crippen LogP contribution in [0.15, 0.2) is 22.7 Å². The van der Waals surface area contributed by atoms with Crippen LogP contribution in [-0.2, 0) is 0 Å². The van der Waals surface area contributed by atoms with Crippen molar-refractivity contribution < 1.29 is 0 Å². The zero-order valence-corrected chi connectivity index (χ0v) is 13.6. The molecule has 19 heavy (non-hydrogen) atoms.